The second-order valence-electron chi connectivity index (χ2n) is 9.54. The molecule has 3 aliphatic rings. The Morgan fingerprint density at radius 3 is 2.34 bits per heavy atom. The minimum Gasteiger partial charge on any atom is -0.479 e. The molecule has 0 spiro atoms. The zero-order chi connectivity index (χ0) is 24.4. The highest BCUT2D eigenvalue weighted by atomic mass is 16.5. The van der Waals surface area contributed by atoms with Gasteiger partial charge in [-0.15, -0.1) is 0 Å². The van der Waals surface area contributed by atoms with Crippen LogP contribution >= 0.6 is 0 Å². The summed E-state index contributed by atoms with van der Waals surface area (Å²) >= 11 is 0. The highest BCUT2D eigenvalue weighted by Gasteiger charge is 2.39. The van der Waals surface area contributed by atoms with Crippen molar-refractivity contribution < 1.29 is 29.0 Å². The number of alkyl carbamates (subject to hydrolysis) is 1. The normalized spacial score (nSPS) is 25.0. The monoisotopic (exact) mass is 478 g/mol. The van der Waals surface area contributed by atoms with Crippen molar-refractivity contribution in [2.24, 2.45) is 11.8 Å². The fraction of sp³-hybridized carbons (Fsp3) is 0.444. The van der Waals surface area contributed by atoms with Crippen molar-refractivity contribution in [3.8, 4) is 11.1 Å². The van der Waals surface area contributed by atoms with Crippen LogP contribution in [0.5, 0.6) is 0 Å². The minimum absolute atomic E-state index is 0.00558. The number of rotatable bonds is 7. The van der Waals surface area contributed by atoms with Crippen LogP contribution in [-0.4, -0.2) is 55.0 Å². The Morgan fingerprint density at radius 2 is 1.66 bits per heavy atom. The summed E-state index contributed by atoms with van der Waals surface area (Å²) in [6.45, 7) is 0.907. The number of ether oxygens (including phenoxy) is 2. The summed E-state index contributed by atoms with van der Waals surface area (Å²) in [5.74, 6) is -1.51. The molecule has 2 aromatic rings. The van der Waals surface area contributed by atoms with E-state index in [1.54, 1.807) is 0 Å². The van der Waals surface area contributed by atoms with Gasteiger partial charge in [0.2, 0.25) is 5.91 Å². The molecule has 184 valence electrons. The van der Waals surface area contributed by atoms with Crippen molar-refractivity contribution in [3.05, 3.63) is 59.7 Å². The maximum absolute atomic E-state index is 12.9. The van der Waals surface area contributed by atoms with E-state index in [1.165, 1.54) is 11.1 Å². The first-order chi connectivity index (χ1) is 17.0. The summed E-state index contributed by atoms with van der Waals surface area (Å²) in [5.41, 5.74) is 4.67. The highest BCUT2D eigenvalue weighted by Crippen LogP contribution is 2.44. The Morgan fingerprint density at radius 1 is 0.971 bits per heavy atom. The summed E-state index contributed by atoms with van der Waals surface area (Å²) in [6.07, 6.45) is 1.42. The molecule has 2 aromatic carbocycles. The quantitative estimate of drug-likeness (QED) is 0.563. The molecule has 2 amide bonds. The minimum atomic E-state index is -1.06. The molecular weight excluding hydrogens is 448 g/mol. The van der Waals surface area contributed by atoms with Crippen LogP contribution < -0.4 is 10.6 Å². The van der Waals surface area contributed by atoms with Gasteiger partial charge in [0.05, 0.1) is 6.04 Å². The van der Waals surface area contributed by atoms with Crippen molar-refractivity contribution >= 4 is 18.0 Å². The lowest BCUT2D eigenvalue weighted by atomic mass is 9.94. The maximum Gasteiger partial charge on any atom is 0.407 e. The number of benzene rings is 2. The standard InChI is InChI=1S/C27H30N2O6/c30-25(29-23-12-13-34-24(23)26(31)32)17-11-5-6-16(17)14-28-27(33)35-15-22-20-9-3-1-7-18(20)19-8-2-4-10-21(19)22/h1-4,7-10,16-17,22-24H,5-6,11-15H2,(H,28,33)(H,29,30)(H,31,32)/t16?,17?,23-,24+/m0/s1. The average Bonchev–Trinajstić information content (AvgIpc) is 3.59. The molecule has 2 fully saturated rings. The van der Waals surface area contributed by atoms with Gasteiger partial charge in [0.25, 0.3) is 0 Å². The van der Waals surface area contributed by atoms with Gasteiger partial charge in [-0.2, -0.15) is 0 Å². The van der Waals surface area contributed by atoms with Crippen molar-refractivity contribution in [2.75, 3.05) is 19.8 Å². The second kappa shape index (κ2) is 10.1. The van der Waals surface area contributed by atoms with E-state index in [1.807, 2.05) is 24.3 Å². The molecule has 8 nitrogen and oxygen atoms in total. The first-order valence-electron chi connectivity index (χ1n) is 12.3. The molecule has 1 saturated heterocycles. The van der Waals surface area contributed by atoms with E-state index in [9.17, 15) is 19.5 Å². The molecule has 1 heterocycles. The molecule has 5 rings (SSSR count). The fourth-order valence-electron chi connectivity index (χ4n) is 5.76. The fourth-order valence-corrected chi connectivity index (χ4v) is 5.76. The molecule has 0 radical (unpaired) electrons. The zero-order valence-electron chi connectivity index (χ0n) is 19.4. The van der Waals surface area contributed by atoms with Crippen LogP contribution in [0.2, 0.25) is 0 Å². The van der Waals surface area contributed by atoms with E-state index in [2.05, 4.69) is 34.9 Å². The Labute approximate surface area is 204 Å². The van der Waals surface area contributed by atoms with E-state index < -0.39 is 24.2 Å². The number of carboxylic acids is 1. The van der Waals surface area contributed by atoms with Crippen molar-refractivity contribution in [2.45, 2.75) is 43.7 Å². The lowest BCUT2D eigenvalue weighted by molar-refractivity contribution is -0.148. The van der Waals surface area contributed by atoms with E-state index in [4.69, 9.17) is 9.47 Å². The molecule has 0 aromatic heterocycles. The van der Waals surface area contributed by atoms with E-state index in [-0.39, 0.29) is 30.3 Å². The van der Waals surface area contributed by atoms with Crippen LogP contribution in [-0.2, 0) is 19.1 Å². The summed E-state index contributed by atoms with van der Waals surface area (Å²) in [4.78, 5) is 36.7. The number of hydrogen-bond acceptors (Lipinski definition) is 5. The van der Waals surface area contributed by atoms with Gasteiger partial charge in [-0.05, 0) is 47.4 Å². The molecule has 4 atom stereocenters. The number of carboxylic acid groups (broad SMARTS) is 1. The molecule has 8 heteroatoms. The van der Waals surface area contributed by atoms with Crippen LogP contribution in [0.15, 0.2) is 48.5 Å². The van der Waals surface area contributed by atoms with Gasteiger partial charge < -0.3 is 25.2 Å². The SMILES string of the molecule is O=C(NCC1CCCC1C(=O)N[C@H]1CCO[C@H]1C(=O)O)OCC1c2ccccc2-c2ccccc21. The van der Waals surface area contributed by atoms with Gasteiger partial charge in [-0.25, -0.2) is 9.59 Å². The third kappa shape index (κ3) is 4.75. The van der Waals surface area contributed by atoms with Crippen molar-refractivity contribution in [1.29, 1.82) is 0 Å². The second-order valence-corrected chi connectivity index (χ2v) is 9.54. The number of fused-ring (bicyclic) bond motifs is 3. The van der Waals surface area contributed by atoms with Gasteiger partial charge in [-0.1, -0.05) is 55.0 Å². The molecular formula is C27H30N2O6. The summed E-state index contributed by atoms with van der Waals surface area (Å²) in [5, 5.41) is 15.0. The molecule has 0 bridgehead atoms. The third-order valence-electron chi connectivity index (χ3n) is 7.51. The number of amides is 2. The van der Waals surface area contributed by atoms with Gasteiger partial charge in [0.15, 0.2) is 6.10 Å². The van der Waals surface area contributed by atoms with Gasteiger partial charge >= 0.3 is 12.1 Å². The van der Waals surface area contributed by atoms with E-state index in [0.717, 1.165) is 24.0 Å². The largest absolute Gasteiger partial charge is 0.479 e. The van der Waals surface area contributed by atoms with E-state index >= 15 is 0 Å². The number of nitrogens with one attached hydrogen (secondary N) is 2. The topological polar surface area (TPSA) is 114 Å². The predicted molar refractivity (Wildman–Crippen MR) is 128 cm³/mol. The summed E-state index contributed by atoms with van der Waals surface area (Å²) < 4.78 is 10.8. The predicted octanol–water partition coefficient (Wildman–Crippen LogP) is 3.30. The first-order valence-corrected chi connectivity index (χ1v) is 12.3. The number of carbonyl (C=O) groups excluding carboxylic acids is 2. The van der Waals surface area contributed by atoms with Crippen LogP contribution in [0.25, 0.3) is 11.1 Å². The lowest BCUT2D eigenvalue weighted by Gasteiger charge is -2.23. The highest BCUT2D eigenvalue weighted by molar-refractivity contribution is 5.82. The molecule has 1 saturated carbocycles. The van der Waals surface area contributed by atoms with Crippen LogP contribution in [0, 0.1) is 11.8 Å². The number of aliphatic carboxylic acids is 1. The van der Waals surface area contributed by atoms with Gasteiger partial charge in [0, 0.05) is 25.0 Å². The Hall–Kier alpha value is -3.39. The molecule has 3 N–H and O–H groups in total. The van der Waals surface area contributed by atoms with Gasteiger partial charge in [0.1, 0.15) is 6.61 Å². The Bertz CT molecular complexity index is 1070. The molecule has 35 heavy (non-hydrogen) atoms. The first kappa shape index (κ1) is 23.4. The van der Waals surface area contributed by atoms with E-state index in [0.29, 0.717) is 26.0 Å². The Kier molecular flexibility index (Phi) is 6.72. The summed E-state index contributed by atoms with van der Waals surface area (Å²) in [6, 6.07) is 15.9. The lowest BCUT2D eigenvalue weighted by Crippen LogP contribution is -2.47. The number of carbonyl (C=O) groups is 3. The molecule has 2 unspecified atom stereocenters. The third-order valence-corrected chi connectivity index (χ3v) is 7.51. The molecule has 2 aliphatic carbocycles. The van der Waals surface area contributed by atoms with Crippen LogP contribution in [0.4, 0.5) is 4.79 Å². The Balaban J connectivity index is 1.14. The van der Waals surface area contributed by atoms with Gasteiger partial charge in [-0.3, -0.25) is 4.79 Å². The molecule has 1 aliphatic heterocycles. The summed E-state index contributed by atoms with van der Waals surface area (Å²) in [7, 11) is 0. The van der Waals surface area contributed by atoms with Crippen LogP contribution in [0.1, 0.15) is 42.7 Å². The number of hydrogen-bond donors (Lipinski definition) is 3. The smallest absolute Gasteiger partial charge is 0.407 e. The zero-order valence-corrected chi connectivity index (χ0v) is 19.4. The van der Waals surface area contributed by atoms with Crippen molar-refractivity contribution in [3.63, 3.8) is 0 Å². The average molecular weight is 479 g/mol. The maximum atomic E-state index is 12.9. The van der Waals surface area contributed by atoms with Crippen LogP contribution in [0.3, 0.4) is 0 Å². The van der Waals surface area contributed by atoms with Crippen molar-refractivity contribution in [1.82, 2.24) is 10.6 Å².